The van der Waals surface area contributed by atoms with Crippen LogP contribution in [0.1, 0.15) is 28.4 Å². The van der Waals surface area contributed by atoms with Crippen molar-refractivity contribution in [3.05, 3.63) is 82.9 Å². The van der Waals surface area contributed by atoms with Crippen molar-refractivity contribution < 1.29 is 9.59 Å². The number of halogens is 1. The Morgan fingerprint density at radius 2 is 1.58 bits per heavy atom. The quantitative estimate of drug-likeness (QED) is 0.763. The fourth-order valence-corrected chi connectivity index (χ4v) is 2.36. The summed E-state index contributed by atoms with van der Waals surface area (Å²) in [7, 11) is 0. The van der Waals surface area contributed by atoms with Gasteiger partial charge in [0.2, 0.25) is 5.91 Å². The molecule has 1 atom stereocenters. The molecule has 4 nitrogen and oxygen atoms in total. The van der Waals surface area contributed by atoms with Gasteiger partial charge in [-0.15, -0.1) is 0 Å². The number of carbonyl (C=O) groups is 2. The van der Waals surface area contributed by atoms with E-state index in [9.17, 15) is 9.59 Å². The minimum atomic E-state index is -0.400. The molecule has 2 amide bonds. The molecule has 0 aliphatic carbocycles. The van der Waals surface area contributed by atoms with E-state index >= 15 is 0 Å². The lowest BCUT2D eigenvalue weighted by Gasteiger charge is -2.19. The molecule has 0 radical (unpaired) electrons. The Labute approximate surface area is 150 Å². The van der Waals surface area contributed by atoms with E-state index in [0.717, 1.165) is 5.56 Å². The summed E-state index contributed by atoms with van der Waals surface area (Å²) in [5.41, 5.74) is 1.45. The molecule has 0 fully saturated rings. The Balaban J connectivity index is 2.10. The van der Waals surface area contributed by atoms with E-state index in [-0.39, 0.29) is 18.2 Å². The van der Waals surface area contributed by atoms with Crippen LogP contribution in [0.2, 0.25) is 0 Å². The number of benzene rings is 2. The maximum absolute atomic E-state index is 12.4. The summed E-state index contributed by atoms with van der Waals surface area (Å²) in [6.45, 7) is 4.04. The minimum Gasteiger partial charge on any atom is -0.351 e. The second-order valence-electron chi connectivity index (χ2n) is 5.30. The van der Waals surface area contributed by atoms with Crippen molar-refractivity contribution >= 4 is 27.7 Å². The largest absolute Gasteiger partial charge is 0.351 e. The SMILES string of the molecule is C=C(Br)CNC(=O)CC(NC(=O)c1ccccc1)c1ccccc1. The van der Waals surface area contributed by atoms with Gasteiger partial charge in [0.25, 0.3) is 5.91 Å². The fraction of sp³-hybridized carbons (Fsp3) is 0.158. The zero-order valence-electron chi connectivity index (χ0n) is 13.2. The predicted molar refractivity (Wildman–Crippen MR) is 98.8 cm³/mol. The first-order valence-electron chi connectivity index (χ1n) is 7.57. The van der Waals surface area contributed by atoms with Crippen molar-refractivity contribution in [1.29, 1.82) is 0 Å². The third-order valence-corrected chi connectivity index (χ3v) is 3.69. The van der Waals surface area contributed by atoms with Crippen molar-refractivity contribution in [3.63, 3.8) is 0 Å². The highest BCUT2D eigenvalue weighted by molar-refractivity contribution is 9.11. The van der Waals surface area contributed by atoms with Crippen LogP contribution in [0, 0.1) is 0 Å². The first-order chi connectivity index (χ1) is 11.6. The fourth-order valence-electron chi connectivity index (χ4n) is 2.22. The maximum atomic E-state index is 12.4. The zero-order valence-corrected chi connectivity index (χ0v) is 14.8. The molecule has 0 spiro atoms. The smallest absolute Gasteiger partial charge is 0.251 e. The van der Waals surface area contributed by atoms with E-state index in [2.05, 4.69) is 33.1 Å². The number of rotatable bonds is 7. The van der Waals surface area contributed by atoms with Crippen molar-refractivity contribution in [1.82, 2.24) is 10.6 Å². The maximum Gasteiger partial charge on any atom is 0.251 e. The molecule has 2 aromatic carbocycles. The van der Waals surface area contributed by atoms with Crippen LogP contribution in [0.15, 0.2) is 71.7 Å². The molecule has 24 heavy (non-hydrogen) atoms. The Kier molecular flexibility index (Phi) is 6.75. The summed E-state index contributed by atoms with van der Waals surface area (Å²) in [5.74, 6) is -0.361. The Morgan fingerprint density at radius 3 is 2.17 bits per heavy atom. The molecule has 2 aromatic rings. The van der Waals surface area contributed by atoms with Gasteiger partial charge in [-0.3, -0.25) is 9.59 Å². The van der Waals surface area contributed by atoms with Gasteiger partial charge in [-0.05, 0) is 17.7 Å². The molecule has 1 unspecified atom stereocenters. The van der Waals surface area contributed by atoms with Crippen LogP contribution in [0.4, 0.5) is 0 Å². The van der Waals surface area contributed by atoms with E-state index in [1.54, 1.807) is 24.3 Å². The van der Waals surface area contributed by atoms with Crippen molar-refractivity contribution in [2.75, 3.05) is 6.54 Å². The third-order valence-electron chi connectivity index (χ3n) is 3.41. The number of nitrogens with one attached hydrogen (secondary N) is 2. The lowest BCUT2D eigenvalue weighted by molar-refractivity contribution is -0.121. The Bertz CT molecular complexity index is 702. The molecule has 2 rings (SSSR count). The number of hydrogen-bond donors (Lipinski definition) is 2. The molecule has 5 heteroatoms. The molecular weight excluding hydrogens is 368 g/mol. The van der Waals surface area contributed by atoms with Gasteiger partial charge in [0, 0.05) is 16.6 Å². The molecule has 0 bridgehead atoms. The molecule has 0 aliphatic rings. The second-order valence-corrected chi connectivity index (χ2v) is 6.42. The molecule has 124 valence electrons. The Morgan fingerprint density at radius 1 is 1.00 bits per heavy atom. The van der Waals surface area contributed by atoms with Gasteiger partial charge >= 0.3 is 0 Å². The number of carbonyl (C=O) groups excluding carboxylic acids is 2. The van der Waals surface area contributed by atoms with Crippen molar-refractivity contribution in [2.24, 2.45) is 0 Å². The molecule has 0 saturated carbocycles. The third kappa shape index (κ3) is 5.66. The van der Waals surface area contributed by atoms with Crippen LogP contribution in [0.5, 0.6) is 0 Å². The molecule has 0 saturated heterocycles. The summed E-state index contributed by atoms with van der Waals surface area (Å²) in [6, 6.07) is 18.0. The lowest BCUT2D eigenvalue weighted by Crippen LogP contribution is -2.34. The standard InChI is InChI=1S/C19H19BrN2O2/c1-14(20)13-21-18(23)12-17(15-8-4-2-5-9-15)22-19(24)16-10-6-3-7-11-16/h2-11,17H,1,12-13H2,(H,21,23)(H,22,24). The molecule has 0 heterocycles. The van der Waals surface area contributed by atoms with Gasteiger partial charge in [-0.25, -0.2) is 0 Å². The van der Waals surface area contributed by atoms with Gasteiger partial charge in [0.1, 0.15) is 0 Å². The lowest BCUT2D eigenvalue weighted by atomic mass is 10.0. The minimum absolute atomic E-state index is 0.155. The Hall–Kier alpha value is -2.40. The van der Waals surface area contributed by atoms with Gasteiger partial charge in [-0.2, -0.15) is 0 Å². The van der Waals surface area contributed by atoms with E-state index in [1.807, 2.05) is 36.4 Å². The summed E-state index contributed by atoms with van der Waals surface area (Å²) in [5, 5.41) is 5.69. The van der Waals surface area contributed by atoms with Crippen LogP contribution in [-0.2, 0) is 4.79 Å². The van der Waals surface area contributed by atoms with E-state index in [1.165, 1.54) is 0 Å². The first kappa shape index (κ1) is 17.9. The highest BCUT2D eigenvalue weighted by Gasteiger charge is 2.19. The summed E-state index contributed by atoms with van der Waals surface area (Å²) < 4.78 is 0.695. The second kappa shape index (κ2) is 9.03. The van der Waals surface area contributed by atoms with Crippen LogP contribution < -0.4 is 10.6 Å². The van der Waals surface area contributed by atoms with Crippen LogP contribution in [0.3, 0.4) is 0 Å². The van der Waals surface area contributed by atoms with Crippen LogP contribution in [0.25, 0.3) is 0 Å². The molecule has 0 aliphatic heterocycles. The number of hydrogen-bond acceptors (Lipinski definition) is 2. The molecular formula is C19H19BrN2O2. The van der Waals surface area contributed by atoms with E-state index in [4.69, 9.17) is 0 Å². The van der Waals surface area contributed by atoms with Gasteiger partial charge < -0.3 is 10.6 Å². The monoisotopic (exact) mass is 386 g/mol. The average molecular weight is 387 g/mol. The summed E-state index contributed by atoms with van der Waals surface area (Å²) in [6.07, 6.45) is 0.156. The average Bonchev–Trinajstić information content (AvgIpc) is 2.61. The normalized spacial score (nSPS) is 11.4. The van der Waals surface area contributed by atoms with Crippen LogP contribution in [-0.4, -0.2) is 18.4 Å². The zero-order chi connectivity index (χ0) is 17.4. The van der Waals surface area contributed by atoms with E-state index in [0.29, 0.717) is 16.6 Å². The van der Waals surface area contributed by atoms with Crippen molar-refractivity contribution in [2.45, 2.75) is 12.5 Å². The van der Waals surface area contributed by atoms with Crippen molar-refractivity contribution in [3.8, 4) is 0 Å². The van der Waals surface area contributed by atoms with Crippen LogP contribution >= 0.6 is 15.9 Å². The summed E-state index contributed by atoms with van der Waals surface area (Å²) >= 11 is 3.21. The van der Waals surface area contributed by atoms with Gasteiger partial charge in [0.15, 0.2) is 0 Å². The molecule has 0 aromatic heterocycles. The van der Waals surface area contributed by atoms with E-state index < -0.39 is 6.04 Å². The van der Waals surface area contributed by atoms with Gasteiger partial charge in [0.05, 0.1) is 12.5 Å². The topological polar surface area (TPSA) is 58.2 Å². The summed E-state index contributed by atoms with van der Waals surface area (Å²) in [4.78, 5) is 24.5. The predicted octanol–water partition coefficient (Wildman–Crippen LogP) is 3.57. The first-order valence-corrected chi connectivity index (χ1v) is 8.36. The van der Waals surface area contributed by atoms with Gasteiger partial charge in [-0.1, -0.05) is 71.0 Å². The number of amides is 2. The highest BCUT2D eigenvalue weighted by atomic mass is 79.9. The molecule has 2 N–H and O–H groups in total. The highest BCUT2D eigenvalue weighted by Crippen LogP contribution is 2.17.